The lowest BCUT2D eigenvalue weighted by molar-refractivity contribution is -0.139. The van der Waals surface area contributed by atoms with Crippen molar-refractivity contribution in [1.29, 1.82) is 0 Å². The largest absolute Gasteiger partial charge is 0.381 e. The van der Waals surface area contributed by atoms with Gasteiger partial charge in [-0.3, -0.25) is 4.79 Å². The molecule has 21 heavy (non-hydrogen) atoms. The normalized spacial score (nSPS) is 24.3. The molecule has 0 atom stereocenters. The van der Waals surface area contributed by atoms with E-state index in [9.17, 15) is 13.2 Å². The Kier molecular flexibility index (Phi) is 5.27. The van der Waals surface area contributed by atoms with E-state index in [0.29, 0.717) is 52.1 Å². The number of rotatable bonds is 4. The van der Waals surface area contributed by atoms with Crippen LogP contribution in [0.25, 0.3) is 0 Å². The van der Waals surface area contributed by atoms with E-state index in [4.69, 9.17) is 4.74 Å². The molecule has 0 aromatic heterocycles. The molecule has 7 heteroatoms. The molecule has 0 aromatic rings. The Balaban J connectivity index is 2.31. The average molecular weight is 318 g/mol. The molecular weight excluding hydrogens is 292 g/mol. The second kappa shape index (κ2) is 6.62. The van der Waals surface area contributed by atoms with E-state index >= 15 is 0 Å². The molecule has 122 valence electrons. The Morgan fingerprint density at radius 2 is 1.90 bits per heavy atom. The topological polar surface area (TPSA) is 66.9 Å². The molecule has 0 unspecified atom stereocenters. The highest BCUT2D eigenvalue weighted by atomic mass is 32.2. The van der Waals surface area contributed by atoms with Crippen LogP contribution in [0, 0.1) is 0 Å². The Bertz CT molecular complexity index is 471. The molecule has 6 nitrogen and oxygen atoms in total. The molecule has 0 saturated carbocycles. The molecule has 2 saturated heterocycles. The van der Waals surface area contributed by atoms with E-state index in [0.717, 1.165) is 0 Å². The molecular formula is C14H26N2O4S. The van der Waals surface area contributed by atoms with Crippen molar-refractivity contribution in [3.8, 4) is 0 Å². The molecule has 0 aromatic carbocycles. The van der Waals surface area contributed by atoms with Crippen LogP contribution in [0.3, 0.4) is 0 Å². The maximum Gasteiger partial charge on any atom is 0.224 e. The van der Waals surface area contributed by atoms with E-state index < -0.39 is 10.0 Å². The van der Waals surface area contributed by atoms with Gasteiger partial charge in [0.15, 0.2) is 0 Å². The smallest absolute Gasteiger partial charge is 0.224 e. The second-order valence-corrected chi connectivity index (χ2v) is 7.96. The summed E-state index contributed by atoms with van der Waals surface area (Å²) in [6, 6.07) is 0. The highest BCUT2D eigenvalue weighted by Gasteiger charge is 2.45. The van der Waals surface area contributed by atoms with Gasteiger partial charge in [0.1, 0.15) is 0 Å². The predicted octanol–water partition coefficient (Wildman–Crippen LogP) is 0.830. The van der Waals surface area contributed by atoms with Gasteiger partial charge in [-0.25, -0.2) is 8.42 Å². The number of ether oxygens (including phenoxy) is 1. The van der Waals surface area contributed by atoms with Crippen molar-refractivity contribution < 1.29 is 17.9 Å². The van der Waals surface area contributed by atoms with Gasteiger partial charge in [-0.05, 0) is 26.2 Å². The molecule has 1 amide bonds. The van der Waals surface area contributed by atoms with Gasteiger partial charge in [0.2, 0.25) is 15.9 Å². The summed E-state index contributed by atoms with van der Waals surface area (Å²) in [7, 11) is -3.27. The number of nitrogens with zero attached hydrogens (tertiary/aromatic N) is 2. The summed E-state index contributed by atoms with van der Waals surface area (Å²) in [5, 5.41) is 0. The third-order valence-electron chi connectivity index (χ3n) is 4.51. The molecule has 1 spiro atoms. The minimum absolute atomic E-state index is 0.0635. The van der Waals surface area contributed by atoms with Crippen molar-refractivity contribution in [2.45, 2.75) is 45.1 Å². The minimum Gasteiger partial charge on any atom is -0.381 e. The zero-order valence-electron chi connectivity index (χ0n) is 13.0. The van der Waals surface area contributed by atoms with E-state index in [1.807, 2.05) is 18.7 Å². The highest BCUT2D eigenvalue weighted by molar-refractivity contribution is 7.89. The quantitative estimate of drug-likeness (QED) is 0.770. The van der Waals surface area contributed by atoms with Gasteiger partial charge >= 0.3 is 0 Å². The number of amides is 1. The maximum atomic E-state index is 12.4. The summed E-state index contributed by atoms with van der Waals surface area (Å²) in [5.41, 5.74) is -0.388. The Morgan fingerprint density at radius 3 is 2.48 bits per heavy atom. The van der Waals surface area contributed by atoms with E-state index in [-0.39, 0.29) is 23.6 Å². The minimum atomic E-state index is -3.27. The van der Waals surface area contributed by atoms with Gasteiger partial charge in [0.05, 0.1) is 11.3 Å². The van der Waals surface area contributed by atoms with E-state index in [2.05, 4.69) is 0 Å². The van der Waals surface area contributed by atoms with Crippen molar-refractivity contribution in [3.63, 3.8) is 0 Å². The van der Waals surface area contributed by atoms with Crippen LogP contribution in [-0.2, 0) is 19.6 Å². The van der Waals surface area contributed by atoms with Crippen molar-refractivity contribution >= 4 is 15.9 Å². The summed E-state index contributed by atoms with van der Waals surface area (Å²) in [6.45, 7) is 6.35. The monoisotopic (exact) mass is 318 g/mol. The van der Waals surface area contributed by atoms with Crippen LogP contribution in [0.5, 0.6) is 0 Å². The molecule has 2 fully saturated rings. The van der Waals surface area contributed by atoms with Gasteiger partial charge in [-0.1, -0.05) is 6.92 Å². The van der Waals surface area contributed by atoms with Crippen molar-refractivity contribution in [2.75, 3.05) is 38.6 Å². The summed E-state index contributed by atoms with van der Waals surface area (Å²) in [4.78, 5) is 14.3. The van der Waals surface area contributed by atoms with Crippen LogP contribution >= 0.6 is 0 Å². The third kappa shape index (κ3) is 3.40. The van der Waals surface area contributed by atoms with Gasteiger partial charge < -0.3 is 9.64 Å². The van der Waals surface area contributed by atoms with Gasteiger partial charge in [0.25, 0.3) is 0 Å². The Morgan fingerprint density at radius 1 is 1.24 bits per heavy atom. The SMILES string of the molecule is CCCS(=O)(=O)N1CCC(=O)N(CC)C2(CCOCC2)C1. The van der Waals surface area contributed by atoms with Crippen LogP contribution in [0.4, 0.5) is 0 Å². The van der Waals surface area contributed by atoms with Crippen molar-refractivity contribution in [3.05, 3.63) is 0 Å². The average Bonchev–Trinajstić information content (AvgIpc) is 2.57. The third-order valence-corrected chi connectivity index (χ3v) is 6.54. The van der Waals surface area contributed by atoms with E-state index in [1.54, 1.807) is 0 Å². The Hall–Kier alpha value is -0.660. The lowest BCUT2D eigenvalue weighted by Crippen LogP contribution is -2.58. The number of sulfonamides is 1. The van der Waals surface area contributed by atoms with Crippen molar-refractivity contribution in [2.24, 2.45) is 0 Å². The second-order valence-electron chi connectivity index (χ2n) is 5.87. The van der Waals surface area contributed by atoms with Crippen LogP contribution in [0.1, 0.15) is 39.5 Å². The molecule has 2 rings (SSSR count). The first-order valence-electron chi connectivity index (χ1n) is 7.81. The first kappa shape index (κ1) is 16.7. The number of carbonyl (C=O) groups is 1. The Labute approximate surface area is 127 Å². The van der Waals surface area contributed by atoms with Gasteiger partial charge in [-0.15, -0.1) is 0 Å². The molecule has 2 heterocycles. The van der Waals surface area contributed by atoms with Crippen LogP contribution in [0.2, 0.25) is 0 Å². The number of hydrogen-bond donors (Lipinski definition) is 0. The van der Waals surface area contributed by atoms with Crippen molar-refractivity contribution in [1.82, 2.24) is 9.21 Å². The standard InChI is InChI=1S/C14H26N2O4S/c1-3-11-21(18,19)15-8-5-13(17)16(4-2)14(12-15)6-9-20-10-7-14/h3-12H2,1-2H3. The fourth-order valence-electron chi connectivity index (χ4n) is 3.43. The maximum absolute atomic E-state index is 12.4. The fourth-order valence-corrected chi connectivity index (χ4v) is 5.01. The summed E-state index contributed by atoms with van der Waals surface area (Å²) < 4.78 is 31.8. The molecule has 2 aliphatic rings. The predicted molar refractivity (Wildman–Crippen MR) is 80.4 cm³/mol. The molecule has 2 aliphatic heterocycles. The summed E-state index contributed by atoms with van der Waals surface area (Å²) in [5.74, 6) is 0.216. The molecule has 0 radical (unpaired) electrons. The number of hydrogen-bond acceptors (Lipinski definition) is 4. The first-order chi connectivity index (χ1) is 9.95. The van der Waals surface area contributed by atoms with Crippen LogP contribution in [-0.4, -0.2) is 67.7 Å². The molecule has 0 aliphatic carbocycles. The highest BCUT2D eigenvalue weighted by Crippen LogP contribution is 2.32. The summed E-state index contributed by atoms with van der Waals surface area (Å²) in [6.07, 6.45) is 2.30. The summed E-state index contributed by atoms with van der Waals surface area (Å²) >= 11 is 0. The first-order valence-corrected chi connectivity index (χ1v) is 9.42. The fraction of sp³-hybridized carbons (Fsp3) is 0.929. The van der Waals surface area contributed by atoms with E-state index in [1.165, 1.54) is 4.31 Å². The number of carbonyl (C=O) groups excluding carboxylic acids is 1. The molecule has 0 bridgehead atoms. The molecule has 0 N–H and O–H groups in total. The van der Waals surface area contributed by atoms with Gasteiger partial charge in [0, 0.05) is 39.3 Å². The van der Waals surface area contributed by atoms with Gasteiger partial charge in [-0.2, -0.15) is 4.31 Å². The lowest BCUT2D eigenvalue weighted by atomic mass is 9.88. The van der Waals surface area contributed by atoms with Crippen LogP contribution in [0.15, 0.2) is 0 Å². The zero-order valence-corrected chi connectivity index (χ0v) is 13.8. The lowest BCUT2D eigenvalue weighted by Gasteiger charge is -2.46. The zero-order chi connectivity index (χ0) is 15.5. The van der Waals surface area contributed by atoms with Crippen LogP contribution < -0.4 is 0 Å². The number of likely N-dealkylation sites (N-methyl/N-ethyl adjacent to an activating group) is 1.